The lowest BCUT2D eigenvalue weighted by Crippen LogP contribution is -2.47. The topological polar surface area (TPSA) is 95.2 Å². The van der Waals surface area contributed by atoms with Crippen molar-refractivity contribution in [3.8, 4) is 11.1 Å². The van der Waals surface area contributed by atoms with Crippen molar-refractivity contribution >= 4 is 22.8 Å². The smallest absolute Gasteiger partial charge is 0.335 e. The molecule has 8 heteroatoms. The Morgan fingerprint density at radius 1 is 1.10 bits per heavy atom. The first-order valence-electron chi connectivity index (χ1n) is 14.4. The maximum absolute atomic E-state index is 14.5. The van der Waals surface area contributed by atoms with Gasteiger partial charge in [0, 0.05) is 49.1 Å². The summed E-state index contributed by atoms with van der Waals surface area (Å²) in [5, 5.41) is 20.6. The van der Waals surface area contributed by atoms with Crippen molar-refractivity contribution in [3.05, 3.63) is 95.2 Å². The zero-order valence-electron chi connectivity index (χ0n) is 24.7. The van der Waals surface area contributed by atoms with Gasteiger partial charge in [-0.25, -0.2) is 4.79 Å². The Morgan fingerprint density at radius 2 is 1.83 bits per heavy atom. The van der Waals surface area contributed by atoms with E-state index in [0.717, 1.165) is 33.2 Å². The second kappa shape index (κ2) is 12.5. The van der Waals surface area contributed by atoms with E-state index >= 15 is 0 Å². The fourth-order valence-electron chi connectivity index (χ4n) is 6.01. The number of carbonyl (C=O) groups is 2. The number of aromatic nitrogens is 1. The van der Waals surface area contributed by atoms with Crippen molar-refractivity contribution in [1.29, 1.82) is 0 Å². The second-order valence-corrected chi connectivity index (χ2v) is 11.5. The first kappa shape index (κ1) is 29.5. The van der Waals surface area contributed by atoms with Crippen LogP contribution in [0.1, 0.15) is 45.8 Å². The molecular formula is C34H39N3O5. The van der Waals surface area contributed by atoms with Gasteiger partial charge in [-0.15, -0.1) is 0 Å². The molecule has 3 atom stereocenters. The number of nitrogens with zero attached hydrogens (tertiary/aromatic N) is 3. The SMILES string of the molecule is C[C@@H]1CN([C@H](C)CO)C(=O)c2c(c3ccccc3n2C)-c2ccccc2CO[C@H]1CN(C)Cc1cccc(C(=O)O)c1. The first-order valence-corrected chi connectivity index (χ1v) is 14.4. The number of benzene rings is 3. The molecule has 0 radical (unpaired) electrons. The van der Waals surface area contributed by atoms with Gasteiger partial charge in [-0.2, -0.15) is 0 Å². The number of hydrogen-bond donors (Lipinski definition) is 2. The number of rotatable bonds is 7. The number of fused-ring (bicyclic) bond motifs is 5. The predicted molar refractivity (Wildman–Crippen MR) is 163 cm³/mol. The van der Waals surface area contributed by atoms with E-state index in [1.54, 1.807) is 23.1 Å². The van der Waals surface area contributed by atoms with Crippen LogP contribution in [-0.4, -0.2) is 75.3 Å². The number of carboxylic acid groups (broad SMARTS) is 1. The molecule has 0 saturated heterocycles. The van der Waals surface area contributed by atoms with Crippen LogP contribution in [0, 0.1) is 5.92 Å². The molecule has 2 heterocycles. The third-order valence-corrected chi connectivity index (χ3v) is 8.34. The van der Waals surface area contributed by atoms with Gasteiger partial charge in [0.1, 0.15) is 5.69 Å². The van der Waals surface area contributed by atoms with Gasteiger partial charge in [-0.3, -0.25) is 9.69 Å². The van der Waals surface area contributed by atoms with Crippen LogP contribution in [0.4, 0.5) is 0 Å². The molecular weight excluding hydrogens is 530 g/mol. The zero-order chi connectivity index (χ0) is 30.0. The molecule has 0 bridgehead atoms. The molecule has 1 aliphatic heterocycles. The van der Waals surface area contributed by atoms with E-state index in [2.05, 4.69) is 30.0 Å². The Kier molecular flexibility index (Phi) is 8.77. The molecule has 1 amide bonds. The molecule has 42 heavy (non-hydrogen) atoms. The number of para-hydroxylation sites is 1. The fourth-order valence-corrected chi connectivity index (χ4v) is 6.01. The summed E-state index contributed by atoms with van der Waals surface area (Å²) in [6, 6.07) is 22.7. The van der Waals surface area contributed by atoms with Gasteiger partial charge in [0.05, 0.1) is 30.9 Å². The van der Waals surface area contributed by atoms with Crippen LogP contribution in [0.5, 0.6) is 0 Å². The van der Waals surface area contributed by atoms with Crippen molar-refractivity contribution in [2.24, 2.45) is 13.0 Å². The summed E-state index contributed by atoms with van der Waals surface area (Å²) in [5.74, 6) is -1.12. The van der Waals surface area contributed by atoms with E-state index < -0.39 is 5.97 Å². The number of aliphatic hydroxyl groups excluding tert-OH is 1. The molecule has 0 unspecified atom stereocenters. The largest absolute Gasteiger partial charge is 0.478 e. The lowest BCUT2D eigenvalue weighted by molar-refractivity contribution is -0.0242. The van der Waals surface area contributed by atoms with Crippen molar-refractivity contribution in [1.82, 2.24) is 14.4 Å². The van der Waals surface area contributed by atoms with Crippen molar-refractivity contribution in [3.63, 3.8) is 0 Å². The Balaban J connectivity index is 1.54. The molecule has 8 nitrogen and oxygen atoms in total. The second-order valence-electron chi connectivity index (χ2n) is 11.5. The van der Waals surface area contributed by atoms with E-state index in [0.29, 0.717) is 31.9 Å². The fraction of sp³-hybridized carbons (Fsp3) is 0.353. The van der Waals surface area contributed by atoms with E-state index in [9.17, 15) is 19.8 Å². The average molecular weight is 570 g/mol. The number of hydrogen-bond acceptors (Lipinski definition) is 5. The summed E-state index contributed by atoms with van der Waals surface area (Å²) in [5.41, 5.74) is 5.58. The van der Waals surface area contributed by atoms with Gasteiger partial charge in [-0.1, -0.05) is 61.5 Å². The lowest BCUT2D eigenvalue weighted by atomic mass is 9.96. The van der Waals surface area contributed by atoms with Crippen LogP contribution in [0.3, 0.4) is 0 Å². The van der Waals surface area contributed by atoms with Crippen LogP contribution < -0.4 is 0 Å². The van der Waals surface area contributed by atoms with Gasteiger partial charge in [0.15, 0.2) is 0 Å². The molecule has 1 aromatic heterocycles. The molecule has 0 saturated carbocycles. The normalized spacial score (nSPS) is 18.4. The van der Waals surface area contributed by atoms with E-state index in [4.69, 9.17) is 4.74 Å². The molecule has 220 valence electrons. The Hall–Kier alpha value is -3.98. The van der Waals surface area contributed by atoms with Gasteiger partial charge in [0.25, 0.3) is 5.91 Å². The van der Waals surface area contributed by atoms with E-state index in [1.807, 2.05) is 62.0 Å². The molecule has 3 aromatic carbocycles. The van der Waals surface area contributed by atoms with Crippen molar-refractivity contribution in [2.75, 3.05) is 26.7 Å². The third kappa shape index (κ3) is 5.83. The van der Waals surface area contributed by atoms with Crippen molar-refractivity contribution < 1.29 is 24.5 Å². The first-order chi connectivity index (χ1) is 20.2. The molecule has 2 N–H and O–H groups in total. The summed E-state index contributed by atoms with van der Waals surface area (Å²) < 4.78 is 8.64. The lowest BCUT2D eigenvalue weighted by Gasteiger charge is -2.35. The number of ether oxygens (including phenoxy) is 1. The molecule has 0 aliphatic carbocycles. The molecule has 1 aliphatic rings. The number of aryl methyl sites for hydroxylation is 1. The van der Waals surface area contributed by atoms with Gasteiger partial charge in [-0.05, 0) is 48.9 Å². The summed E-state index contributed by atoms with van der Waals surface area (Å²) in [6.45, 7) is 5.71. The van der Waals surface area contributed by atoms with E-state index in [1.165, 1.54) is 0 Å². The Morgan fingerprint density at radius 3 is 2.60 bits per heavy atom. The number of aromatic carboxylic acids is 1. The number of likely N-dealkylation sites (N-methyl/N-ethyl adjacent to an activating group) is 1. The van der Waals surface area contributed by atoms with Crippen molar-refractivity contribution in [2.45, 2.75) is 39.1 Å². The Bertz CT molecular complexity index is 1600. The quantitative estimate of drug-likeness (QED) is 0.324. The maximum Gasteiger partial charge on any atom is 0.335 e. The molecule has 0 spiro atoms. The van der Waals surface area contributed by atoms with Gasteiger partial charge < -0.3 is 24.4 Å². The highest BCUT2D eigenvalue weighted by atomic mass is 16.5. The minimum absolute atomic E-state index is 0.0563. The Labute approximate surface area is 246 Å². The number of amides is 1. The third-order valence-electron chi connectivity index (χ3n) is 8.34. The summed E-state index contributed by atoms with van der Waals surface area (Å²) in [7, 11) is 3.92. The van der Waals surface area contributed by atoms with Crippen LogP contribution >= 0.6 is 0 Å². The average Bonchev–Trinajstić information content (AvgIpc) is 3.28. The monoisotopic (exact) mass is 569 g/mol. The number of carboxylic acids is 1. The summed E-state index contributed by atoms with van der Waals surface area (Å²) in [6.07, 6.45) is -0.232. The molecule has 0 fully saturated rings. The minimum atomic E-state index is -0.949. The van der Waals surface area contributed by atoms with Crippen LogP contribution in [-0.2, 0) is 24.9 Å². The maximum atomic E-state index is 14.5. The van der Waals surface area contributed by atoms with Gasteiger partial charge >= 0.3 is 5.97 Å². The highest BCUT2D eigenvalue weighted by Gasteiger charge is 2.33. The number of aliphatic hydroxyl groups is 1. The van der Waals surface area contributed by atoms with E-state index in [-0.39, 0.29) is 36.1 Å². The predicted octanol–water partition coefficient (Wildman–Crippen LogP) is 5.03. The molecule has 5 rings (SSSR count). The number of carbonyl (C=O) groups excluding carboxylic acids is 1. The standard InChI is InChI=1S/C34H39N3O5/c1-22-17-37(23(2)20-38)33(39)32-31(28-14-7-8-15-29(28)36(32)4)27-13-6-5-11-26(27)21-42-30(22)19-35(3)18-24-10-9-12-25(16-24)34(40)41/h5-16,22-23,30,38H,17-21H2,1-4H3,(H,40,41)/t22-,23-,30+/m1/s1. The van der Waals surface area contributed by atoms with Crippen LogP contribution in [0.25, 0.3) is 22.0 Å². The highest BCUT2D eigenvalue weighted by Crippen LogP contribution is 2.38. The zero-order valence-corrected chi connectivity index (χ0v) is 24.7. The van der Waals surface area contributed by atoms with Gasteiger partial charge in [0.2, 0.25) is 0 Å². The van der Waals surface area contributed by atoms with Crippen LogP contribution in [0.15, 0.2) is 72.8 Å². The molecule has 4 aromatic rings. The van der Waals surface area contributed by atoms with Crippen LogP contribution in [0.2, 0.25) is 0 Å². The highest BCUT2D eigenvalue weighted by molar-refractivity contribution is 6.10. The minimum Gasteiger partial charge on any atom is -0.478 e. The summed E-state index contributed by atoms with van der Waals surface area (Å²) in [4.78, 5) is 29.8. The summed E-state index contributed by atoms with van der Waals surface area (Å²) >= 11 is 0.